The van der Waals surface area contributed by atoms with E-state index in [0.29, 0.717) is 0 Å². The summed E-state index contributed by atoms with van der Waals surface area (Å²) in [6.07, 6.45) is -6.85. The first-order chi connectivity index (χ1) is 27.6. The number of amides is 1. The molecular formula is C34H45N3O20P2. The van der Waals surface area contributed by atoms with Gasteiger partial charge in [-0.1, -0.05) is 12.2 Å². The van der Waals surface area contributed by atoms with Gasteiger partial charge in [-0.3, -0.25) is 46.9 Å². The molecule has 0 radical (unpaired) electrons. The maximum atomic E-state index is 14.5. The Morgan fingerprint density at radius 2 is 1.41 bits per heavy atom. The molecule has 2 aliphatic rings. The number of hydrogen-bond acceptors (Lipinski definition) is 20. The van der Waals surface area contributed by atoms with E-state index in [0.717, 1.165) is 51.5 Å². The van der Waals surface area contributed by atoms with Crippen molar-refractivity contribution in [3.05, 3.63) is 59.7 Å². The minimum Gasteiger partial charge on any atom is -0.458 e. The lowest BCUT2D eigenvalue weighted by molar-refractivity contribution is -0.180. The van der Waals surface area contributed by atoms with Crippen molar-refractivity contribution in [3.8, 4) is 0 Å². The monoisotopic (exact) mass is 877 g/mol. The minimum absolute atomic E-state index is 0.134. The van der Waals surface area contributed by atoms with Gasteiger partial charge in [0.05, 0.1) is 19.8 Å². The number of phosphoric ester groups is 1. The van der Waals surface area contributed by atoms with Gasteiger partial charge < -0.3 is 47.7 Å². The van der Waals surface area contributed by atoms with E-state index in [1.165, 1.54) is 25.1 Å². The van der Waals surface area contributed by atoms with E-state index in [4.69, 9.17) is 46.5 Å². The molecule has 25 heteroatoms. The second-order valence-electron chi connectivity index (χ2n) is 12.6. The number of carbonyl (C=O) groups is 6. The molecule has 326 valence electrons. The van der Waals surface area contributed by atoms with Crippen molar-refractivity contribution in [2.75, 3.05) is 25.1 Å². The predicted molar refractivity (Wildman–Crippen MR) is 198 cm³/mol. The summed E-state index contributed by atoms with van der Waals surface area (Å²) in [5.74, 6) is -7.40. The van der Waals surface area contributed by atoms with Crippen molar-refractivity contribution < 1.29 is 89.3 Å². The molecule has 1 aliphatic heterocycles. The van der Waals surface area contributed by atoms with Crippen LogP contribution in [0.3, 0.4) is 0 Å². The van der Waals surface area contributed by atoms with Crippen molar-refractivity contribution in [2.24, 2.45) is 0 Å². The lowest BCUT2D eigenvalue weighted by Gasteiger charge is -2.38. The quantitative estimate of drug-likeness (QED) is 0.0820. The maximum absolute atomic E-state index is 14.5. The number of nitrogens with zero attached hydrogens (tertiary/aromatic N) is 2. The molecular weight excluding hydrogens is 832 g/mol. The van der Waals surface area contributed by atoms with E-state index >= 15 is 0 Å². The highest BCUT2D eigenvalue weighted by Gasteiger charge is 2.53. The van der Waals surface area contributed by atoms with Crippen LogP contribution < -0.4 is 11.0 Å². The molecule has 9 atom stereocenters. The van der Waals surface area contributed by atoms with Crippen molar-refractivity contribution in [1.29, 1.82) is 0 Å². The van der Waals surface area contributed by atoms with Crippen LogP contribution in [0.2, 0.25) is 0 Å². The number of esters is 5. The van der Waals surface area contributed by atoms with E-state index in [2.05, 4.69) is 23.5 Å². The third kappa shape index (κ3) is 14.1. The second-order valence-corrected chi connectivity index (χ2v) is 16.0. The fourth-order valence-electron chi connectivity index (χ4n) is 5.78. The maximum Gasteiger partial charge on any atom is 0.473 e. The normalized spacial score (nSPS) is 24.3. The van der Waals surface area contributed by atoms with Crippen molar-refractivity contribution >= 4 is 57.0 Å². The average molecular weight is 878 g/mol. The molecule has 2 heterocycles. The number of ether oxygens (including phenoxy) is 6. The molecule has 3 rings (SSSR count). The number of nitrogens with one attached hydrogen (secondary N) is 1. The van der Waals surface area contributed by atoms with Crippen molar-refractivity contribution in [3.63, 3.8) is 0 Å². The topological polar surface area (TPSA) is 296 Å². The molecule has 1 fully saturated rings. The third-order valence-corrected chi connectivity index (χ3v) is 10.9. The molecule has 0 spiro atoms. The molecule has 0 aromatic carbocycles. The van der Waals surface area contributed by atoms with Gasteiger partial charge in [0.15, 0.2) is 36.5 Å². The first kappa shape index (κ1) is 48.5. The zero-order valence-electron chi connectivity index (χ0n) is 32.7. The van der Waals surface area contributed by atoms with Gasteiger partial charge in [-0.05, 0) is 17.7 Å². The van der Waals surface area contributed by atoms with Gasteiger partial charge in [0, 0.05) is 54.2 Å². The van der Waals surface area contributed by atoms with Crippen LogP contribution in [0.1, 0.15) is 54.2 Å². The van der Waals surface area contributed by atoms with Crippen LogP contribution in [-0.2, 0) is 84.4 Å². The predicted octanol–water partition coefficient (Wildman–Crippen LogP) is 2.15. The molecule has 1 amide bonds. The molecule has 1 aliphatic carbocycles. The smallest absolute Gasteiger partial charge is 0.458 e. The highest BCUT2D eigenvalue weighted by atomic mass is 31.2. The Balaban J connectivity index is 2.10. The fourth-order valence-corrected chi connectivity index (χ4v) is 8.95. The first-order valence-corrected chi connectivity index (χ1v) is 20.6. The van der Waals surface area contributed by atoms with Gasteiger partial charge in [-0.25, -0.2) is 9.36 Å². The largest absolute Gasteiger partial charge is 0.473 e. The van der Waals surface area contributed by atoms with Crippen LogP contribution >= 0.6 is 15.4 Å². The van der Waals surface area contributed by atoms with Gasteiger partial charge in [0.25, 0.3) is 0 Å². The van der Waals surface area contributed by atoms with Crippen LogP contribution in [-0.4, -0.2) is 112 Å². The Bertz CT molecular complexity index is 1950. The van der Waals surface area contributed by atoms with Gasteiger partial charge in [-0.15, -0.1) is 13.2 Å². The second kappa shape index (κ2) is 21.4. The SMILES string of the molecule is C=CCOP(=O)(OCC=C)[C@@H](OP(=O)(O)OC[C@H]1O[C@@H](n2ccc(NC(C)=O)nc2=O)[C@H](OC(C)=O)[C@@H]1OC(C)=O)C1=C[C@@H](OC(C)=O)[C@H](OC(C)=O)[C@H](OC(C)=O)C1. The van der Waals surface area contributed by atoms with E-state index in [1.54, 1.807) is 0 Å². The molecule has 2 N–H and O–H groups in total. The summed E-state index contributed by atoms with van der Waals surface area (Å²) in [7, 11) is -10.4. The zero-order chi connectivity index (χ0) is 44.2. The minimum atomic E-state index is -5.57. The van der Waals surface area contributed by atoms with Gasteiger partial charge >= 0.3 is 51.0 Å². The summed E-state index contributed by atoms with van der Waals surface area (Å²) in [5, 5.41) is 2.32. The van der Waals surface area contributed by atoms with Crippen LogP contribution in [0.25, 0.3) is 0 Å². The van der Waals surface area contributed by atoms with Crippen LogP contribution in [0.5, 0.6) is 0 Å². The first-order valence-electron chi connectivity index (χ1n) is 17.4. The molecule has 1 unspecified atom stereocenters. The van der Waals surface area contributed by atoms with Crippen molar-refractivity contribution in [2.45, 2.75) is 96.7 Å². The van der Waals surface area contributed by atoms with Gasteiger partial charge in [-0.2, -0.15) is 4.98 Å². The lowest BCUT2D eigenvalue weighted by atomic mass is 9.91. The summed E-state index contributed by atoms with van der Waals surface area (Å²) in [6.45, 7) is 11.3. The average Bonchev–Trinajstić information content (AvgIpc) is 3.43. The van der Waals surface area contributed by atoms with Gasteiger partial charge in [0.2, 0.25) is 5.91 Å². The number of aromatic nitrogens is 2. The Labute approximate surface area is 337 Å². The molecule has 0 saturated carbocycles. The number of anilines is 1. The van der Waals surface area contributed by atoms with E-state index in [1.807, 2.05) is 0 Å². The summed E-state index contributed by atoms with van der Waals surface area (Å²) >= 11 is 0. The van der Waals surface area contributed by atoms with Crippen LogP contribution in [0, 0.1) is 0 Å². The Morgan fingerprint density at radius 3 is 1.92 bits per heavy atom. The highest BCUT2D eigenvalue weighted by Crippen LogP contribution is 2.62. The lowest BCUT2D eigenvalue weighted by Crippen LogP contribution is -2.48. The summed E-state index contributed by atoms with van der Waals surface area (Å²) < 4.78 is 83.6. The Morgan fingerprint density at radius 1 is 0.864 bits per heavy atom. The summed E-state index contributed by atoms with van der Waals surface area (Å²) in [5.41, 5.74) is -1.30. The molecule has 23 nitrogen and oxygen atoms in total. The van der Waals surface area contributed by atoms with Gasteiger partial charge in [0.1, 0.15) is 18.0 Å². The van der Waals surface area contributed by atoms with Crippen LogP contribution in [0.4, 0.5) is 5.82 Å². The molecule has 59 heavy (non-hydrogen) atoms. The highest BCUT2D eigenvalue weighted by molar-refractivity contribution is 7.56. The standard InChI is InChI=1S/C34H45N3O20P2/c1-9-13-48-58(45,49-14-10-2)33(24-15-25(51-19(4)39)29(53-21(6)41)26(16-24)52-20(5)40)57-59(46,47)50-17-27-30(54-22(7)42)31(55-23(8)43)32(56-27)37-12-11-28(35-18(3)38)36-34(37)44/h9-12,15,25-27,29-33H,1-2,13-14,16-17H2,3-8H3,(H,46,47)(H,35,36,38,44)/t25-,26-,27-,29+,30-,31-,32-,33-/m1/s1. The number of hydrogen-bond donors (Lipinski definition) is 2. The molecule has 1 aromatic rings. The fraction of sp³-hybridized carbons (Fsp3) is 0.529. The van der Waals surface area contributed by atoms with E-state index in [-0.39, 0.29) is 11.4 Å². The Kier molecular flexibility index (Phi) is 17.6. The zero-order valence-corrected chi connectivity index (χ0v) is 34.5. The molecule has 1 saturated heterocycles. The van der Waals surface area contributed by atoms with Crippen molar-refractivity contribution in [1.82, 2.24) is 9.55 Å². The number of phosphoric acid groups is 1. The van der Waals surface area contributed by atoms with E-state index < -0.39 is 132 Å². The number of rotatable bonds is 20. The third-order valence-electron chi connectivity index (χ3n) is 7.71. The Hall–Kier alpha value is -4.86. The van der Waals surface area contributed by atoms with E-state index in [9.17, 15) is 47.6 Å². The summed E-state index contributed by atoms with van der Waals surface area (Å²) in [4.78, 5) is 100. The molecule has 1 aromatic heterocycles. The number of carbonyl (C=O) groups excluding carboxylic acids is 6. The van der Waals surface area contributed by atoms with Crippen LogP contribution in [0.15, 0.2) is 54.0 Å². The molecule has 0 bridgehead atoms. The summed E-state index contributed by atoms with van der Waals surface area (Å²) in [6, 6.07) is 1.21.